The molecule has 2 aromatic heterocycles. The van der Waals surface area contributed by atoms with Gasteiger partial charge in [-0.15, -0.1) is 0 Å². The minimum absolute atomic E-state index is 0.452. The first-order chi connectivity index (χ1) is 9.74. The van der Waals surface area contributed by atoms with Crippen molar-refractivity contribution in [1.29, 1.82) is 0 Å². The molecular weight excluding hydrogens is 254 g/mol. The van der Waals surface area contributed by atoms with Gasteiger partial charge in [-0.2, -0.15) is 0 Å². The second-order valence-electron chi connectivity index (χ2n) is 5.37. The molecular formula is C13H21N7. The van der Waals surface area contributed by atoms with Crippen molar-refractivity contribution >= 4 is 17.0 Å². The zero-order valence-corrected chi connectivity index (χ0v) is 11.9. The lowest BCUT2D eigenvalue weighted by Crippen LogP contribution is -2.44. The smallest absolute Gasteiger partial charge is 0.165 e. The third-order valence-electron chi connectivity index (χ3n) is 3.90. The van der Waals surface area contributed by atoms with E-state index in [1.54, 1.807) is 6.33 Å². The van der Waals surface area contributed by atoms with Crippen LogP contribution in [-0.2, 0) is 6.54 Å². The Hall–Kier alpha value is -1.73. The van der Waals surface area contributed by atoms with Gasteiger partial charge in [0.15, 0.2) is 11.5 Å². The number of hydrogen-bond acceptors (Lipinski definition) is 6. The maximum atomic E-state index is 5.79. The van der Waals surface area contributed by atoms with Gasteiger partial charge in [-0.05, 0) is 20.0 Å². The van der Waals surface area contributed by atoms with Gasteiger partial charge in [0.05, 0.1) is 6.33 Å². The highest BCUT2D eigenvalue weighted by Gasteiger charge is 2.13. The van der Waals surface area contributed by atoms with Crippen molar-refractivity contribution in [3.63, 3.8) is 0 Å². The second kappa shape index (κ2) is 5.72. The minimum atomic E-state index is 0.452. The van der Waals surface area contributed by atoms with Crippen LogP contribution in [0.4, 0.5) is 5.82 Å². The van der Waals surface area contributed by atoms with Gasteiger partial charge in [0.2, 0.25) is 0 Å². The first kappa shape index (κ1) is 13.3. The molecule has 3 rings (SSSR count). The van der Waals surface area contributed by atoms with Gasteiger partial charge in [-0.25, -0.2) is 15.0 Å². The Morgan fingerprint density at radius 1 is 1.10 bits per heavy atom. The number of aromatic nitrogens is 4. The van der Waals surface area contributed by atoms with Crippen molar-refractivity contribution in [2.24, 2.45) is 0 Å². The summed E-state index contributed by atoms with van der Waals surface area (Å²) in [7, 11) is 2.18. The van der Waals surface area contributed by atoms with E-state index in [2.05, 4.69) is 36.4 Å². The predicted octanol–water partition coefficient (Wildman–Crippen LogP) is 0.0460. The molecule has 20 heavy (non-hydrogen) atoms. The fourth-order valence-electron chi connectivity index (χ4n) is 2.60. The third-order valence-corrected chi connectivity index (χ3v) is 3.90. The van der Waals surface area contributed by atoms with Crippen LogP contribution in [0, 0.1) is 0 Å². The highest BCUT2D eigenvalue weighted by Crippen LogP contribution is 2.14. The maximum Gasteiger partial charge on any atom is 0.165 e. The molecule has 7 nitrogen and oxygen atoms in total. The third kappa shape index (κ3) is 2.73. The minimum Gasteiger partial charge on any atom is -0.382 e. The number of rotatable bonds is 4. The largest absolute Gasteiger partial charge is 0.382 e. The lowest BCUT2D eigenvalue weighted by molar-refractivity contribution is 0.151. The van der Waals surface area contributed by atoms with Crippen LogP contribution in [0.15, 0.2) is 12.7 Å². The number of aryl methyl sites for hydroxylation is 1. The van der Waals surface area contributed by atoms with Gasteiger partial charge in [0, 0.05) is 32.7 Å². The molecule has 0 bridgehead atoms. The van der Waals surface area contributed by atoms with E-state index in [4.69, 9.17) is 5.73 Å². The number of fused-ring (bicyclic) bond motifs is 1. The maximum absolute atomic E-state index is 5.79. The normalized spacial score (nSPS) is 17.9. The molecule has 1 aliphatic rings. The molecule has 1 saturated heterocycles. The van der Waals surface area contributed by atoms with Gasteiger partial charge in [0.25, 0.3) is 0 Å². The molecule has 108 valence electrons. The average molecular weight is 275 g/mol. The van der Waals surface area contributed by atoms with Crippen LogP contribution in [0.1, 0.15) is 6.42 Å². The molecule has 0 saturated carbocycles. The summed E-state index contributed by atoms with van der Waals surface area (Å²) in [5.41, 5.74) is 7.32. The van der Waals surface area contributed by atoms with Crippen molar-refractivity contribution < 1.29 is 0 Å². The Morgan fingerprint density at radius 3 is 2.70 bits per heavy atom. The van der Waals surface area contributed by atoms with Crippen LogP contribution >= 0.6 is 0 Å². The highest BCUT2D eigenvalue weighted by molar-refractivity contribution is 5.80. The van der Waals surface area contributed by atoms with E-state index in [0.29, 0.717) is 11.3 Å². The van der Waals surface area contributed by atoms with Gasteiger partial charge >= 0.3 is 0 Å². The molecule has 1 fully saturated rings. The van der Waals surface area contributed by atoms with Crippen LogP contribution in [0.3, 0.4) is 0 Å². The van der Waals surface area contributed by atoms with E-state index in [9.17, 15) is 0 Å². The molecule has 7 heteroatoms. The topological polar surface area (TPSA) is 76.1 Å². The Morgan fingerprint density at radius 2 is 1.90 bits per heavy atom. The van der Waals surface area contributed by atoms with E-state index in [-0.39, 0.29) is 0 Å². The number of likely N-dealkylation sites (N-methyl/N-ethyl adjacent to an activating group) is 1. The van der Waals surface area contributed by atoms with Crippen LogP contribution in [0.25, 0.3) is 11.2 Å². The van der Waals surface area contributed by atoms with Gasteiger partial charge < -0.3 is 20.1 Å². The van der Waals surface area contributed by atoms with Crippen molar-refractivity contribution in [1.82, 2.24) is 29.3 Å². The summed E-state index contributed by atoms with van der Waals surface area (Å²) < 4.78 is 2.06. The van der Waals surface area contributed by atoms with Gasteiger partial charge in [-0.3, -0.25) is 0 Å². The van der Waals surface area contributed by atoms with Crippen molar-refractivity contribution in [2.75, 3.05) is 45.5 Å². The highest BCUT2D eigenvalue weighted by atomic mass is 15.2. The summed E-state index contributed by atoms with van der Waals surface area (Å²) in [6, 6.07) is 0. The Kier molecular flexibility index (Phi) is 3.79. The molecule has 0 radical (unpaired) electrons. The number of nitrogens with two attached hydrogens (primary N) is 1. The molecule has 2 aromatic rings. The lowest BCUT2D eigenvalue weighted by atomic mass is 10.3. The zero-order valence-electron chi connectivity index (χ0n) is 11.9. The average Bonchev–Trinajstić information content (AvgIpc) is 2.86. The molecule has 0 unspecified atom stereocenters. The van der Waals surface area contributed by atoms with Gasteiger partial charge in [-0.1, -0.05) is 0 Å². The van der Waals surface area contributed by atoms with Gasteiger partial charge in [0.1, 0.15) is 11.8 Å². The predicted molar refractivity (Wildman–Crippen MR) is 78.3 cm³/mol. The van der Waals surface area contributed by atoms with E-state index < -0.39 is 0 Å². The fourth-order valence-corrected chi connectivity index (χ4v) is 2.60. The lowest BCUT2D eigenvalue weighted by Gasteiger charge is -2.32. The number of piperazine rings is 1. The van der Waals surface area contributed by atoms with Crippen molar-refractivity contribution in [3.05, 3.63) is 12.7 Å². The number of nitrogen functional groups attached to an aromatic ring is 1. The van der Waals surface area contributed by atoms with Crippen LogP contribution in [-0.4, -0.2) is 69.1 Å². The summed E-state index contributed by atoms with van der Waals surface area (Å²) in [4.78, 5) is 17.4. The molecule has 2 N–H and O–H groups in total. The molecule has 1 aliphatic heterocycles. The van der Waals surface area contributed by atoms with Crippen LogP contribution in [0.5, 0.6) is 0 Å². The van der Waals surface area contributed by atoms with E-state index in [1.165, 1.54) is 6.33 Å². The molecule has 0 aromatic carbocycles. The molecule has 0 aliphatic carbocycles. The summed E-state index contributed by atoms with van der Waals surface area (Å²) in [5, 5.41) is 0. The van der Waals surface area contributed by atoms with Crippen LogP contribution < -0.4 is 5.73 Å². The summed E-state index contributed by atoms with van der Waals surface area (Å²) in [6.45, 7) is 6.69. The summed E-state index contributed by atoms with van der Waals surface area (Å²) in [6.07, 6.45) is 4.40. The summed E-state index contributed by atoms with van der Waals surface area (Å²) >= 11 is 0. The van der Waals surface area contributed by atoms with Crippen molar-refractivity contribution in [2.45, 2.75) is 13.0 Å². The summed E-state index contributed by atoms with van der Waals surface area (Å²) in [5.74, 6) is 0.452. The number of nitrogens with zero attached hydrogens (tertiary/aromatic N) is 6. The Balaban J connectivity index is 1.56. The Bertz CT molecular complexity index is 571. The molecule has 0 atom stereocenters. The molecule has 0 amide bonds. The SMILES string of the molecule is CN1CCN(CCCn2cnc3c(N)ncnc32)CC1. The van der Waals surface area contributed by atoms with Crippen molar-refractivity contribution in [3.8, 4) is 0 Å². The first-order valence-electron chi connectivity index (χ1n) is 7.06. The number of imidazole rings is 1. The quantitative estimate of drug-likeness (QED) is 0.849. The fraction of sp³-hybridized carbons (Fsp3) is 0.615. The molecule has 3 heterocycles. The van der Waals surface area contributed by atoms with E-state index in [0.717, 1.165) is 51.3 Å². The number of anilines is 1. The van der Waals surface area contributed by atoms with E-state index >= 15 is 0 Å². The van der Waals surface area contributed by atoms with E-state index in [1.807, 2.05) is 0 Å². The molecule has 0 spiro atoms. The standard InChI is InChI=1S/C13H21N7/c1-18-5-7-19(8-6-18)3-2-4-20-10-17-11-12(14)15-9-16-13(11)20/h9-10H,2-8H2,1H3,(H2,14,15,16). The Labute approximate surface area is 118 Å². The van der Waals surface area contributed by atoms with Crippen LogP contribution in [0.2, 0.25) is 0 Å². The zero-order chi connectivity index (χ0) is 13.9. The monoisotopic (exact) mass is 275 g/mol. The second-order valence-corrected chi connectivity index (χ2v) is 5.37. The number of hydrogen-bond donors (Lipinski definition) is 1. The first-order valence-corrected chi connectivity index (χ1v) is 7.06.